The van der Waals surface area contributed by atoms with Crippen LogP contribution in [0, 0.1) is 0 Å². The molecule has 2 heterocycles. The summed E-state index contributed by atoms with van der Waals surface area (Å²) in [5.74, 6) is -4.35. The van der Waals surface area contributed by atoms with E-state index in [1.165, 1.54) is 17.0 Å². The molecule has 0 bridgehead atoms. The van der Waals surface area contributed by atoms with E-state index in [9.17, 15) is 37.2 Å². The predicted octanol–water partition coefficient (Wildman–Crippen LogP) is -2.67. The average molecular weight is 510 g/mol. The number of amides is 7. The zero-order valence-corrected chi connectivity index (χ0v) is 19.1. The minimum absolute atomic E-state index is 0.0252. The zero-order chi connectivity index (χ0) is 26.0. The highest BCUT2D eigenvalue weighted by atomic mass is 32.2. The molecule has 0 aliphatic carbocycles. The number of likely N-dealkylation sites (N-methyl/N-ethyl adjacent to an activating group) is 1. The van der Waals surface area contributed by atoms with Crippen molar-refractivity contribution in [2.75, 3.05) is 26.2 Å². The van der Waals surface area contributed by atoms with Crippen LogP contribution in [0.25, 0.3) is 0 Å². The molecule has 0 aromatic heterocycles. The minimum Gasteiger partial charge on any atom is -0.333 e. The first-order chi connectivity index (χ1) is 16.4. The van der Waals surface area contributed by atoms with Crippen molar-refractivity contribution in [3.8, 4) is 0 Å². The van der Waals surface area contributed by atoms with Crippen molar-refractivity contribution < 1.29 is 41.7 Å². The van der Waals surface area contributed by atoms with E-state index in [0.717, 1.165) is 0 Å². The molecule has 4 N–H and O–H groups in total. The van der Waals surface area contributed by atoms with Crippen LogP contribution in [0.4, 0.5) is 4.79 Å². The Morgan fingerprint density at radius 1 is 1.14 bits per heavy atom. The number of piperazine rings is 1. The van der Waals surface area contributed by atoms with Crippen LogP contribution in [0.2, 0.25) is 0 Å². The lowest BCUT2D eigenvalue weighted by Gasteiger charge is -2.46. The lowest BCUT2D eigenvalue weighted by atomic mass is 9.99. The van der Waals surface area contributed by atoms with Gasteiger partial charge in [0, 0.05) is 19.6 Å². The van der Waals surface area contributed by atoms with E-state index in [4.69, 9.17) is 4.55 Å². The van der Waals surface area contributed by atoms with Crippen molar-refractivity contribution >= 4 is 46.4 Å². The van der Waals surface area contributed by atoms with Crippen LogP contribution in [0.3, 0.4) is 0 Å². The van der Waals surface area contributed by atoms with Gasteiger partial charge in [-0.05, 0) is 12.5 Å². The van der Waals surface area contributed by atoms with Crippen LogP contribution < -0.4 is 16.0 Å². The van der Waals surface area contributed by atoms with Crippen LogP contribution in [0.1, 0.15) is 18.5 Å². The molecule has 1 aromatic carbocycles. The molecule has 1 aromatic rings. The highest BCUT2D eigenvalue weighted by molar-refractivity contribution is 7.84. The summed E-state index contributed by atoms with van der Waals surface area (Å²) in [6.07, 6.45) is 0.0487. The van der Waals surface area contributed by atoms with Gasteiger partial charge in [-0.15, -0.1) is 0 Å². The van der Waals surface area contributed by atoms with Crippen molar-refractivity contribution in [2.24, 2.45) is 0 Å². The molecule has 2 fully saturated rings. The molecule has 3 rings (SSSR count). The van der Waals surface area contributed by atoms with E-state index in [-0.39, 0.29) is 35.9 Å². The molecule has 0 saturated carbocycles. The third-order valence-electron chi connectivity index (χ3n) is 5.49. The van der Waals surface area contributed by atoms with Crippen molar-refractivity contribution in [2.45, 2.75) is 18.6 Å². The molecular weight excluding hydrogens is 488 g/mol. The monoisotopic (exact) mass is 510 g/mol. The van der Waals surface area contributed by atoms with Gasteiger partial charge >= 0.3 is 28.1 Å². The van der Waals surface area contributed by atoms with Crippen molar-refractivity contribution in [1.82, 2.24) is 30.1 Å². The summed E-state index contributed by atoms with van der Waals surface area (Å²) >= 11 is 0. The quantitative estimate of drug-likeness (QED) is 0.0945. The van der Waals surface area contributed by atoms with Crippen LogP contribution >= 0.6 is 0 Å². The number of rotatable bonds is 8. The van der Waals surface area contributed by atoms with Gasteiger partial charge in [0.25, 0.3) is 5.91 Å². The highest BCUT2D eigenvalue weighted by Crippen LogP contribution is 2.24. The molecule has 188 valence electrons. The first-order valence-corrected chi connectivity index (χ1v) is 11.6. The number of imide groups is 1. The van der Waals surface area contributed by atoms with Crippen LogP contribution in [-0.4, -0.2) is 95.0 Å². The largest absolute Gasteiger partial charge is 0.362 e. The molecule has 7 amide bonds. The van der Waals surface area contributed by atoms with Gasteiger partial charge in [0.05, 0.1) is 6.54 Å². The Hall–Kier alpha value is -4.05. The fraction of sp³-hybridized carbons (Fsp3) is 0.368. The molecule has 15 nitrogen and oxygen atoms in total. The molecular formula is C19H22N6O9S. The van der Waals surface area contributed by atoms with Gasteiger partial charge in [0.2, 0.25) is 18.0 Å². The standard InChI is InChI=1S/C19H22N6O9S/c1-2-23-8-9-24(16(29)15(23)28)18(31)21-13(12-6-4-3-5-7-12)14(27)22-19(20-11-26)10-25(17(19)30)35(32,33)34/h3-7,11,13H,2,8-10H2,1H3,(H,20,26)(H,21,31)(H,22,27)(H,32,33,34). The Balaban J connectivity index is 1.84. The van der Waals surface area contributed by atoms with E-state index in [1.54, 1.807) is 25.1 Å². The Bertz CT molecular complexity index is 1170. The van der Waals surface area contributed by atoms with Gasteiger partial charge in [-0.3, -0.25) is 33.4 Å². The van der Waals surface area contributed by atoms with Crippen molar-refractivity contribution in [1.29, 1.82) is 0 Å². The Kier molecular flexibility index (Phi) is 7.06. The summed E-state index contributed by atoms with van der Waals surface area (Å²) in [7, 11) is -4.94. The summed E-state index contributed by atoms with van der Waals surface area (Å²) in [6, 6.07) is 5.06. The molecule has 35 heavy (non-hydrogen) atoms. The lowest BCUT2D eigenvalue weighted by molar-refractivity contribution is -0.154. The van der Waals surface area contributed by atoms with Gasteiger partial charge in [0.15, 0.2) is 0 Å². The van der Waals surface area contributed by atoms with E-state index in [0.29, 0.717) is 4.90 Å². The second-order valence-electron chi connectivity index (χ2n) is 7.58. The van der Waals surface area contributed by atoms with Gasteiger partial charge in [-0.25, -0.2) is 9.10 Å². The molecule has 2 atom stereocenters. The van der Waals surface area contributed by atoms with Crippen molar-refractivity contribution in [3.05, 3.63) is 35.9 Å². The number of nitrogens with zero attached hydrogens (tertiary/aromatic N) is 3. The maximum atomic E-state index is 13.1. The van der Waals surface area contributed by atoms with Gasteiger partial charge < -0.3 is 20.9 Å². The Labute approximate surface area is 199 Å². The lowest BCUT2D eigenvalue weighted by Crippen LogP contribution is -2.81. The van der Waals surface area contributed by atoms with Crippen molar-refractivity contribution in [3.63, 3.8) is 0 Å². The average Bonchev–Trinajstić information content (AvgIpc) is 2.81. The third kappa shape index (κ3) is 4.92. The summed E-state index contributed by atoms with van der Waals surface area (Å²) in [4.78, 5) is 75.8. The SMILES string of the molecule is CCN1CCN(C(=O)NC(C(=O)NC2(NC=O)CN(S(=O)(=O)O)C2=O)c2ccccc2)C(=O)C1=O. The molecule has 0 spiro atoms. The number of β-lactam (4-membered cyclic amide) rings is 1. The number of benzene rings is 1. The van der Waals surface area contributed by atoms with Gasteiger partial charge in [-0.2, -0.15) is 8.42 Å². The van der Waals surface area contributed by atoms with Gasteiger partial charge in [0.1, 0.15) is 6.04 Å². The molecule has 2 aliphatic heterocycles. The van der Waals surface area contributed by atoms with E-state index < -0.39 is 58.2 Å². The molecule has 2 saturated heterocycles. The maximum Gasteiger partial charge on any atom is 0.362 e. The van der Waals surface area contributed by atoms with Gasteiger partial charge in [-0.1, -0.05) is 30.3 Å². The Morgan fingerprint density at radius 2 is 1.80 bits per heavy atom. The van der Waals surface area contributed by atoms with Crippen LogP contribution in [0.5, 0.6) is 0 Å². The second-order valence-corrected chi connectivity index (χ2v) is 8.92. The fourth-order valence-corrected chi connectivity index (χ4v) is 4.32. The maximum absolute atomic E-state index is 13.1. The normalized spacial score (nSPS) is 21.2. The van der Waals surface area contributed by atoms with E-state index in [1.807, 2.05) is 5.32 Å². The molecule has 16 heteroatoms. The van der Waals surface area contributed by atoms with E-state index >= 15 is 0 Å². The first-order valence-electron chi connectivity index (χ1n) is 10.2. The second kappa shape index (κ2) is 9.67. The van der Waals surface area contributed by atoms with E-state index in [2.05, 4.69) is 10.6 Å². The number of carbonyl (C=O) groups excluding carboxylic acids is 6. The molecule has 2 unspecified atom stereocenters. The summed E-state index contributed by atoms with van der Waals surface area (Å²) in [6.45, 7) is 1.12. The zero-order valence-electron chi connectivity index (χ0n) is 18.3. The number of urea groups is 1. The molecule has 0 radical (unpaired) electrons. The Morgan fingerprint density at radius 3 is 2.34 bits per heavy atom. The summed E-state index contributed by atoms with van der Waals surface area (Å²) < 4.78 is 31.7. The topological polar surface area (TPSA) is 203 Å². The first kappa shape index (κ1) is 25.6. The summed E-state index contributed by atoms with van der Waals surface area (Å²) in [5.41, 5.74) is -1.99. The summed E-state index contributed by atoms with van der Waals surface area (Å²) in [5, 5.41) is 6.53. The third-order valence-corrected chi connectivity index (χ3v) is 6.34. The molecule has 2 aliphatic rings. The number of hydrogen-bond acceptors (Lipinski definition) is 8. The van der Waals surface area contributed by atoms with Crippen LogP contribution in [0.15, 0.2) is 30.3 Å². The highest BCUT2D eigenvalue weighted by Gasteiger charge is 2.58. The number of nitrogens with one attached hydrogen (secondary N) is 3. The number of hydrogen-bond donors (Lipinski definition) is 4. The minimum atomic E-state index is -4.94. The van der Waals surface area contributed by atoms with Crippen LogP contribution in [-0.2, 0) is 34.3 Å². The smallest absolute Gasteiger partial charge is 0.333 e. The fourth-order valence-electron chi connectivity index (χ4n) is 3.60. The predicted molar refractivity (Wildman–Crippen MR) is 115 cm³/mol. The number of carbonyl (C=O) groups is 6.